The summed E-state index contributed by atoms with van der Waals surface area (Å²) in [5.74, 6) is -2.28. The van der Waals surface area contributed by atoms with Crippen molar-refractivity contribution in [3.63, 3.8) is 0 Å². The van der Waals surface area contributed by atoms with Gasteiger partial charge in [-0.05, 0) is 141 Å². The lowest BCUT2D eigenvalue weighted by Gasteiger charge is -2.21. The Balaban J connectivity index is 5.43. The van der Waals surface area contributed by atoms with Gasteiger partial charge >= 0.3 is 39.5 Å². The topological polar surface area (TPSA) is 237 Å². The van der Waals surface area contributed by atoms with E-state index < -0.39 is 97.5 Å². The molecule has 0 rings (SSSR count). The van der Waals surface area contributed by atoms with Gasteiger partial charge in [-0.1, -0.05) is 265 Å². The number of unbranched alkanes of at least 4 members (excludes halogenated alkanes) is 31. The number of phosphoric acid groups is 2. The zero-order chi connectivity index (χ0) is 73.2. The number of carbonyl (C=O) groups is 4. The molecule has 0 aliphatic heterocycles. The van der Waals surface area contributed by atoms with Gasteiger partial charge in [0, 0.05) is 25.7 Å². The van der Waals surface area contributed by atoms with Crippen LogP contribution in [0, 0.1) is 0 Å². The molecule has 0 heterocycles. The van der Waals surface area contributed by atoms with Crippen LogP contribution in [0.4, 0.5) is 0 Å². The minimum absolute atomic E-state index is 0.0643. The molecule has 19 heteroatoms. The Morgan fingerprint density at radius 3 is 0.880 bits per heavy atom. The van der Waals surface area contributed by atoms with Crippen molar-refractivity contribution in [2.75, 3.05) is 39.6 Å². The van der Waals surface area contributed by atoms with Crippen LogP contribution in [0.25, 0.3) is 0 Å². The van der Waals surface area contributed by atoms with E-state index in [0.717, 1.165) is 141 Å². The number of hydrogen-bond donors (Lipinski definition) is 3. The first-order valence-electron chi connectivity index (χ1n) is 39.2. The quantitative estimate of drug-likeness (QED) is 0.0128. The van der Waals surface area contributed by atoms with Gasteiger partial charge in [0.2, 0.25) is 0 Å². The van der Waals surface area contributed by atoms with Crippen molar-refractivity contribution in [3.8, 4) is 0 Å². The number of rotatable bonds is 73. The molecule has 100 heavy (non-hydrogen) atoms. The number of aliphatic hydroxyl groups excluding tert-OH is 1. The maximum absolute atomic E-state index is 13.1. The zero-order valence-corrected chi connectivity index (χ0v) is 64.6. The summed E-state index contributed by atoms with van der Waals surface area (Å²) in [7, 11) is -9.98. The number of allylic oxidation sites excluding steroid dienone is 18. The summed E-state index contributed by atoms with van der Waals surface area (Å²) in [5, 5.41) is 10.6. The summed E-state index contributed by atoms with van der Waals surface area (Å²) < 4.78 is 68.4. The maximum Gasteiger partial charge on any atom is 0.472 e. The lowest BCUT2D eigenvalue weighted by Crippen LogP contribution is -2.30. The summed E-state index contributed by atoms with van der Waals surface area (Å²) in [6, 6.07) is 0. The van der Waals surface area contributed by atoms with Gasteiger partial charge in [0.25, 0.3) is 0 Å². The molecule has 0 aliphatic rings. The fourth-order valence-electron chi connectivity index (χ4n) is 10.2. The highest BCUT2D eigenvalue weighted by Gasteiger charge is 2.30. The van der Waals surface area contributed by atoms with E-state index in [2.05, 4.69) is 125 Å². The average molecular weight is 1450 g/mol. The van der Waals surface area contributed by atoms with Gasteiger partial charge in [-0.3, -0.25) is 37.3 Å². The molecule has 0 radical (unpaired) electrons. The van der Waals surface area contributed by atoms with E-state index in [4.69, 9.17) is 37.0 Å². The molecule has 0 aliphatic carbocycles. The van der Waals surface area contributed by atoms with Crippen LogP contribution >= 0.6 is 15.6 Å². The fraction of sp³-hybridized carbons (Fsp3) is 0.728. The van der Waals surface area contributed by atoms with Crippen LogP contribution in [-0.2, 0) is 65.4 Å². The van der Waals surface area contributed by atoms with E-state index in [1.54, 1.807) is 0 Å². The predicted molar refractivity (Wildman–Crippen MR) is 408 cm³/mol. The first-order valence-corrected chi connectivity index (χ1v) is 42.2. The van der Waals surface area contributed by atoms with Gasteiger partial charge in [0.15, 0.2) is 12.2 Å². The van der Waals surface area contributed by atoms with Gasteiger partial charge in [-0.15, -0.1) is 0 Å². The summed E-state index contributed by atoms with van der Waals surface area (Å²) in [4.78, 5) is 72.9. The van der Waals surface area contributed by atoms with Crippen LogP contribution in [0.2, 0.25) is 0 Å². The Kier molecular flexibility index (Phi) is 69.9. The van der Waals surface area contributed by atoms with Crippen molar-refractivity contribution in [1.82, 2.24) is 0 Å². The number of ether oxygens (including phenoxy) is 4. The second-order valence-corrected chi connectivity index (χ2v) is 28.9. The van der Waals surface area contributed by atoms with E-state index in [0.29, 0.717) is 32.1 Å². The molecule has 3 N–H and O–H groups in total. The monoisotopic (exact) mass is 1450 g/mol. The maximum atomic E-state index is 13.1. The molecule has 0 spiro atoms. The lowest BCUT2D eigenvalue weighted by molar-refractivity contribution is -0.161. The molecular weight excluding hydrogens is 1310 g/mol. The number of carbonyl (C=O) groups excluding carboxylic acids is 4. The van der Waals surface area contributed by atoms with Crippen molar-refractivity contribution >= 4 is 39.5 Å². The van der Waals surface area contributed by atoms with E-state index in [1.165, 1.54) is 96.3 Å². The van der Waals surface area contributed by atoms with Gasteiger partial charge in [-0.2, -0.15) is 0 Å². The molecule has 576 valence electrons. The minimum Gasteiger partial charge on any atom is -0.462 e. The third-order valence-electron chi connectivity index (χ3n) is 16.2. The van der Waals surface area contributed by atoms with Crippen molar-refractivity contribution in [1.29, 1.82) is 0 Å². The molecule has 0 amide bonds. The van der Waals surface area contributed by atoms with Crippen molar-refractivity contribution < 1.29 is 80.2 Å². The molecule has 0 aromatic carbocycles. The molecule has 0 saturated carbocycles. The van der Waals surface area contributed by atoms with Crippen LogP contribution in [0.5, 0.6) is 0 Å². The Morgan fingerprint density at radius 2 is 0.530 bits per heavy atom. The Morgan fingerprint density at radius 1 is 0.290 bits per heavy atom. The van der Waals surface area contributed by atoms with Crippen LogP contribution < -0.4 is 0 Å². The van der Waals surface area contributed by atoms with E-state index in [9.17, 15) is 43.2 Å². The molecule has 0 fully saturated rings. The van der Waals surface area contributed by atoms with Crippen LogP contribution in [0.3, 0.4) is 0 Å². The molecule has 0 saturated heterocycles. The summed E-state index contributed by atoms with van der Waals surface area (Å²) in [6.45, 7) is 4.70. The van der Waals surface area contributed by atoms with Gasteiger partial charge in [0.05, 0.1) is 26.4 Å². The largest absolute Gasteiger partial charge is 0.472 e. The first-order chi connectivity index (χ1) is 48.7. The molecule has 0 bridgehead atoms. The lowest BCUT2D eigenvalue weighted by atomic mass is 10.1. The molecule has 2 unspecified atom stereocenters. The van der Waals surface area contributed by atoms with Crippen LogP contribution in [0.1, 0.15) is 323 Å². The normalized spacial score (nSPS) is 14.5. The Bertz CT molecular complexity index is 2320. The Hall–Kier alpha value is -4.28. The second kappa shape index (κ2) is 73.0. The Labute approximate surface area is 607 Å². The van der Waals surface area contributed by atoms with Crippen LogP contribution in [-0.4, -0.2) is 96.7 Å². The highest BCUT2D eigenvalue weighted by atomic mass is 31.2. The highest BCUT2D eigenvalue weighted by Crippen LogP contribution is 2.45. The smallest absolute Gasteiger partial charge is 0.462 e. The number of aliphatic hydroxyl groups is 1. The van der Waals surface area contributed by atoms with Gasteiger partial charge < -0.3 is 33.8 Å². The standard InChI is InChI=1S/C81H140O17P2/c1-5-9-13-17-21-25-29-33-36-37-40-42-46-50-54-58-62-66-79(84)92-72-77(98-81(86)68-64-60-56-52-48-44-39-35-31-27-23-19-15-11-7-3)74-96-100(89,90)94-70-75(82)69-93-99(87,88)95-73-76(71-91-78(83)65-61-57-53-49-45-41-32-28-24-20-16-12-8-4)97-80(85)67-63-59-55-51-47-43-38-34-30-26-22-18-14-10-6-2/h21,25-28,30-36,38-40,42,50,54,75-77,82H,5-20,22-24,29,37,41,43-49,51-53,55-74H2,1-4H3,(H,87,88)(H,89,90)/b25-21-,30-26-,31-27-,32-28-,36-33-,38-34-,39-35-,42-40-,54-50-/t75-,76-,77-/m1/s1. The molecule has 17 nitrogen and oxygen atoms in total. The van der Waals surface area contributed by atoms with E-state index >= 15 is 0 Å². The zero-order valence-electron chi connectivity index (χ0n) is 62.8. The van der Waals surface area contributed by atoms with Gasteiger partial charge in [0.1, 0.15) is 19.3 Å². The molecular formula is C81H140O17P2. The minimum atomic E-state index is -4.99. The second-order valence-electron chi connectivity index (χ2n) is 26.0. The summed E-state index contributed by atoms with van der Waals surface area (Å²) in [5.41, 5.74) is 0. The highest BCUT2D eigenvalue weighted by molar-refractivity contribution is 7.47. The number of esters is 4. The van der Waals surface area contributed by atoms with Gasteiger partial charge in [-0.25, -0.2) is 9.13 Å². The third-order valence-corrected chi connectivity index (χ3v) is 18.1. The SMILES string of the molecule is CCCCC/C=C\C/C=C\C/C=C\C/C=C\CCCC(=O)OC[C@H](COP(=O)(O)OC[C@H](O)COP(=O)(O)OC[C@@H](COC(=O)CCCCCCC/C=C\CCCCCC)OC(=O)CCCCCCC/C=C\C=C/CCCCCC)OC(=O)CCCCCCC/C=C\C=C/CCCCCC. The van der Waals surface area contributed by atoms with Crippen LogP contribution in [0.15, 0.2) is 109 Å². The van der Waals surface area contributed by atoms with E-state index in [1.807, 2.05) is 12.2 Å². The molecule has 5 atom stereocenters. The third kappa shape index (κ3) is 72.1. The average Bonchev–Trinajstić information content (AvgIpc) is 0.945. The summed E-state index contributed by atoms with van der Waals surface area (Å²) >= 11 is 0. The van der Waals surface area contributed by atoms with Crippen molar-refractivity contribution in [2.24, 2.45) is 0 Å². The van der Waals surface area contributed by atoms with Crippen molar-refractivity contribution in [3.05, 3.63) is 109 Å². The van der Waals surface area contributed by atoms with E-state index in [-0.39, 0.29) is 25.7 Å². The van der Waals surface area contributed by atoms with Crippen molar-refractivity contribution in [2.45, 2.75) is 341 Å². The predicted octanol–water partition coefficient (Wildman–Crippen LogP) is 22.6. The number of hydrogen-bond acceptors (Lipinski definition) is 15. The molecule has 0 aromatic heterocycles. The first kappa shape index (κ1) is 95.7. The summed E-state index contributed by atoms with van der Waals surface area (Å²) in [6.07, 6.45) is 77.9. The number of phosphoric ester groups is 2. The molecule has 0 aromatic rings. The fourth-order valence-corrected chi connectivity index (χ4v) is 11.8.